The lowest BCUT2D eigenvalue weighted by Gasteiger charge is -2.22. The highest BCUT2D eigenvalue weighted by Gasteiger charge is 2.17. The maximum atomic E-state index is 13.0. The van der Waals surface area contributed by atoms with Crippen LogP contribution in [-0.2, 0) is 24.4 Å². The molecule has 1 aromatic carbocycles. The molecule has 1 heterocycles. The highest BCUT2D eigenvalue weighted by molar-refractivity contribution is 5.81. The Bertz CT molecular complexity index is 941. The van der Waals surface area contributed by atoms with Gasteiger partial charge in [0.05, 0.1) is 11.7 Å². The van der Waals surface area contributed by atoms with Gasteiger partial charge in [0.1, 0.15) is 0 Å². The van der Waals surface area contributed by atoms with Crippen LogP contribution < -0.4 is 32.7 Å². The second-order valence-electron chi connectivity index (χ2n) is 10.1. The van der Waals surface area contributed by atoms with E-state index in [1.54, 1.807) is 6.20 Å². The molecule has 0 spiro atoms. The van der Waals surface area contributed by atoms with E-state index in [0.717, 1.165) is 43.4 Å². The number of aliphatic imine (C=N–C) groups is 1. The maximum Gasteiger partial charge on any atom is 0.237 e. The molecule has 0 saturated heterocycles. The second-order valence-corrected chi connectivity index (χ2v) is 10.1. The monoisotopic (exact) mass is 522 g/mol. The molecule has 0 aliphatic heterocycles. The summed E-state index contributed by atoms with van der Waals surface area (Å²) in [5.41, 5.74) is 14.0. The molecule has 8 N–H and O–H groups in total. The van der Waals surface area contributed by atoms with Crippen molar-refractivity contribution in [2.75, 3.05) is 19.6 Å². The summed E-state index contributed by atoms with van der Waals surface area (Å²) in [5.74, 6) is 0.0240. The summed E-state index contributed by atoms with van der Waals surface area (Å²) in [6, 6.07) is 14.5. The number of hydrogen-bond donors (Lipinski definition) is 6. The summed E-state index contributed by atoms with van der Waals surface area (Å²) in [7, 11) is 0. The van der Waals surface area contributed by atoms with Crippen molar-refractivity contribution in [3.05, 3.63) is 65.5 Å². The molecule has 1 amide bonds. The Labute approximate surface area is 227 Å². The molecular weight excluding hydrogens is 476 g/mol. The van der Waals surface area contributed by atoms with Gasteiger partial charge in [-0.25, -0.2) is 0 Å². The van der Waals surface area contributed by atoms with Crippen LogP contribution in [0.15, 0.2) is 53.7 Å². The zero-order chi connectivity index (χ0) is 26.8. The number of rotatable bonds is 17. The maximum absolute atomic E-state index is 13.0. The van der Waals surface area contributed by atoms with E-state index in [1.165, 1.54) is 37.7 Å². The van der Waals surface area contributed by atoms with E-state index in [-0.39, 0.29) is 17.9 Å². The second kappa shape index (κ2) is 17.5. The van der Waals surface area contributed by atoms with Crippen molar-refractivity contribution in [1.29, 1.82) is 0 Å². The van der Waals surface area contributed by atoms with Gasteiger partial charge in [0.15, 0.2) is 5.96 Å². The number of nitrogens with two attached hydrogens (primary N) is 2. The minimum absolute atomic E-state index is 0.0433. The number of amides is 1. The average molecular weight is 523 g/mol. The van der Waals surface area contributed by atoms with Crippen LogP contribution in [0, 0.1) is 0 Å². The van der Waals surface area contributed by atoms with E-state index in [9.17, 15) is 4.79 Å². The summed E-state index contributed by atoms with van der Waals surface area (Å²) in [6.07, 6.45) is 11.0. The van der Waals surface area contributed by atoms with Crippen molar-refractivity contribution in [3.63, 3.8) is 0 Å². The third-order valence-corrected chi connectivity index (χ3v) is 6.90. The lowest BCUT2D eigenvalue weighted by atomic mass is 9.95. The van der Waals surface area contributed by atoms with E-state index in [1.807, 2.05) is 18.2 Å². The molecule has 9 heteroatoms. The van der Waals surface area contributed by atoms with Crippen molar-refractivity contribution in [2.24, 2.45) is 16.5 Å². The molecule has 0 radical (unpaired) electrons. The van der Waals surface area contributed by atoms with Crippen LogP contribution in [0.2, 0.25) is 0 Å². The lowest BCUT2D eigenvalue weighted by Crippen LogP contribution is -2.43. The van der Waals surface area contributed by atoms with Gasteiger partial charge in [0, 0.05) is 38.4 Å². The molecule has 208 valence electrons. The first-order valence-electron chi connectivity index (χ1n) is 14.1. The van der Waals surface area contributed by atoms with E-state index < -0.39 is 0 Å². The van der Waals surface area contributed by atoms with E-state index in [0.29, 0.717) is 32.5 Å². The molecule has 9 nitrogen and oxygen atoms in total. The summed E-state index contributed by atoms with van der Waals surface area (Å²) in [4.78, 5) is 21.3. The minimum Gasteiger partial charge on any atom is -0.370 e. The van der Waals surface area contributed by atoms with Gasteiger partial charge >= 0.3 is 0 Å². The molecule has 2 aromatic rings. The number of nitrogens with zero attached hydrogens (tertiary/aromatic N) is 2. The van der Waals surface area contributed by atoms with Gasteiger partial charge in [0.25, 0.3) is 0 Å². The largest absolute Gasteiger partial charge is 0.370 e. The van der Waals surface area contributed by atoms with Gasteiger partial charge < -0.3 is 32.7 Å². The van der Waals surface area contributed by atoms with Gasteiger partial charge in [-0.3, -0.25) is 14.8 Å². The first kappa shape index (κ1) is 29.5. The van der Waals surface area contributed by atoms with Crippen LogP contribution in [0.1, 0.15) is 68.2 Å². The molecule has 3 rings (SSSR count). The van der Waals surface area contributed by atoms with Gasteiger partial charge in [-0.2, -0.15) is 0 Å². The van der Waals surface area contributed by atoms with E-state index >= 15 is 0 Å². The van der Waals surface area contributed by atoms with Crippen molar-refractivity contribution in [3.8, 4) is 0 Å². The van der Waals surface area contributed by atoms with Crippen LogP contribution in [-0.4, -0.2) is 48.6 Å². The average Bonchev–Trinajstić information content (AvgIpc) is 2.94. The summed E-state index contributed by atoms with van der Waals surface area (Å²) in [6.45, 7) is 4.43. The first-order valence-corrected chi connectivity index (χ1v) is 14.1. The Morgan fingerprint density at radius 1 is 0.947 bits per heavy atom. The van der Waals surface area contributed by atoms with Crippen LogP contribution >= 0.6 is 0 Å². The van der Waals surface area contributed by atoms with Crippen molar-refractivity contribution >= 4 is 11.9 Å². The van der Waals surface area contributed by atoms with Gasteiger partial charge in [-0.05, 0) is 68.5 Å². The van der Waals surface area contributed by atoms with Crippen LogP contribution in [0.5, 0.6) is 0 Å². The van der Waals surface area contributed by atoms with Crippen LogP contribution in [0.3, 0.4) is 0 Å². The van der Waals surface area contributed by atoms with E-state index in [2.05, 4.69) is 55.5 Å². The topological polar surface area (TPSA) is 142 Å². The fraction of sp³-hybridized carbons (Fsp3) is 0.552. The van der Waals surface area contributed by atoms with Crippen LogP contribution in [0.4, 0.5) is 0 Å². The zero-order valence-electron chi connectivity index (χ0n) is 22.6. The van der Waals surface area contributed by atoms with Gasteiger partial charge in [-0.1, -0.05) is 49.6 Å². The Morgan fingerprint density at radius 3 is 2.42 bits per heavy atom. The predicted molar refractivity (Wildman–Crippen MR) is 154 cm³/mol. The number of carbonyl (C=O) groups is 1. The Kier molecular flexibility index (Phi) is 13.6. The fourth-order valence-corrected chi connectivity index (χ4v) is 4.71. The zero-order valence-corrected chi connectivity index (χ0v) is 22.6. The SMILES string of the molecule is NC(N)=NCCC[C@H](NCc1ccccn1)C(=O)NCc1ccc(CNCCCNC2CCCCC2)cc1. The number of benzene rings is 1. The Morgan fingerprint density at radius 2 is 1.71 bits per heavy atom. The summed E-state index contributed by atoms with van der Waals surface area (Å²) in [5, 5.41) is 13.6. The molecule has 1 aliphatic rings. The number of pyridine rings is 1. The fourth-order valence-electron chi connectivity index (χ4n) is 4.71. The predicted octanol–water partition coefficient (Wildman–Crippen LogP) is 2.31. The third-order valence-electron chi connectivity index (χ3n) is 6.90. The van der Waals surface area contributed by atoms with Crippen LogP contribution in [0.25, 0.3) is 0 Å². The standard InChI is InChI=1S/C29H46N8O/c30-29(31)35-18-6-11-27(36-22-26-10-4-5-17-34-26)28(38)37-21-24-14-12-23(13-15-24)20-32-16-7-19-33-25-8-2-1-3-9-25/h4-5,10,12-15,17,25,27,32-33,36H,1-3,6-9,11,16,18-22H2,(H,37,38)(H4,30,31,35)/t27-/m0/s1. The van der Waals surface area contributed by atoms with Crippen molar-refractivity contribution in [1.82, 2.24) is 26.3 Å². The summed E-state index contributed by atoms with van der Waals surface area (Å²) < 4.78 is 0. The number of carbonyl (C=O) groups excluding carboxylic acids is 1. The number of hydrogen-bond acceptors (Lipinski definition) is 6. The minimum atomic E-state index is -0.359. The third kappa shape index (κ3) is 12.0. The van der Waals surface area contributed by atoms with Crippen molar-refractivity contribution < 1.29 is 4.79 Å². The number of aromatic nitrogens is 1. The highest BCUT2D eigenvalue weighted by atomic mass is 16.2. The normalized spacial score (nSPS) is 14.6. The Hall–Kier alpha value is -3.01. The Balaban J connectivity index is 1.36. The first-order chi connectivity index (χ1) is 18.6. The lowest BCUT2D eigenvalue weighted by molar-refractivity contribution is -0.123. The highest BCUT2D eigenvalue weighted by Crippen LogP contribution is 2.17. The molecule has 1 aromatic heterocycles. The van der Waals surface area contributed by atoms with Crippen molar-refractivity contribution in [2.45, 2.75) is 83.1 Å². The molecule has 0 bridgehead atoms. The van der Waals surface area contributed by atoms with E-state index in [4.69, 9.17) is 11.5 Å². The quantitative estimate of drug-likeness (QED) is 0.106. The molecule has 1 fully saturated rings. The molecule has 1 atom stereocenters. The molecule has 1 aliphatic carbocycles. The summed E-state index contributed by atoms with van der Waals surface area (Å²) >= 11 is 0. The smallest absolute Gasteiger partial charge is 0.237 e. The molecule has 1 saturated carbocycles. The number of guanidine groups is 1. The van der Waals surface area contributed by atoms with Gasteiger partial charge in [-0.15, -0.1) is 0 Å². The molecule has 0 unspecified atom stereocenters. The molecule has 38 heavy (non-hydrogen) atoms. The molecular formula is C29H46N8O. The number of nitrogens with one attached hydrogen (secondary N) is 4. The van der Waals surface area contributed by atoms with Gasteiger partial charge in [0.2, 0.25) is 5.91 Å².